The molecule has 0 unspecified atom stereocenters. The Hall–Kier alpha value is -2.34. The molecular weight excluding hydrogens is 316 g/mol. The van der Waals surface area contributed by atoms with Crippen molar-refractivity contribution >= 4 is 5.91 Å². The number of aromatic nitrogens is 2. The lowest BCUT2D eigenvalue weighted by atomic mass is 10.0. The molecule has 1 fully saturated rings. The Labute approximate surface area is 148 Å². The van der Waals surface area contributed by atoms with E-state index in [1.54, 1.807) is 18.0 Å². The van der Waals surface area contributed by atoms with Gasteiger partial charge in [0.05, 0.1) is 13.3 Å². The van der Waals surface area contributed by atoms with Gasteiger partial charge in [0.15, 0.2) is 0 Å². The van der Waals surface area contributed by atoms with Gasteiger partial charge in [-0.15, -0.1) is 0 Å². The number of nitrogens with one attached hydrogen (secondary N) is 1. The van der Waals surface area contributed by atoms with Crippen LogP contribution in [0.4, 0.5) is 0 Å². The number of ether oxygens (including phenoxy) is 1. The number of aryl methyl sites for hydroxylation is 1. The highest BCUT2D eigenvalue weighted by Gasteiger charge is 2.21. The number of hydrogen-bond donors (Lipinski definition) is 1. The van der Waals surface area contributed by atoms with Gasteiger partial charge in [-0.05, 0) is 43.0 Å². The van der Waals surface area contributed by atoms with Gasteiger partial charge >= 0.3 is 0 Å². The zero-order valence-corrected chi connectivity index (χ0v) is 14.9. The lowest BCUT2D eigenvalue weighted by Crippen LogP contribution is -2.45. The van der Waals surface area contributed by atoms with Crippen LogP contribution in [-0.2, 0) is 17.9 Å². The minimum atomic E-state index is 0.0364. The fraction of sp³-hybridized carbons (Fsp3) is 0.474. The minimum absolute atomic E-state index is 0.0364. The molecule has 25 heavy (non-hydrogen) atoms. The van der Waals surface area contributed by atoms with Crippen molar-refractivity contribution < 1.29 is 9.53 Å². The van der Waals surface area contributed by atoms with Crippen molar-refractivity contribution in [2.24, 2.45) is 0 Å². The number of methoxy groups -OCH3 is 1. The Kier molecular flexibility index (Phi) is 5.71. The Morgan fingerprint density at radius 2 is 2.16 bits per heavy atom. The highest BCUT2D eigenvalue weighted by atomic mass is 16.5. The van der Waals surface area contributed by atoms with Gasteiger partial charge in [0, 0.05) is 31.9 Å². The first kappa shape index (κ1) is 17.5. The second kappa shape index (κ2) is 8.16. The second-order valence-electron chi connectivity index (χ2n) is 6.68. The van der Waals surface area contributed by atoms with E-state index >= 15 is 0 Å². The summed E-state index contributed by atoms with van der Waals surface area (Å²) in [6, 6.07) is 8.46. The van der Waals surface area contributed by atoms with E-state index in [2.05, 4.69) is 27.4 Å². The number of amides is 1. The molecule has 1 aliphatic heterocycles. The summed E-state index contributed by atoms with van der Waals surface area (Å²) in [4.78, 5) is 14.6. The molecule has 0 saturated carbocycles. The molecule has 1 amide bonds. The molecule has 1 aromatic carbocycles. The first-order valence-electron chi connectivity index (χ1n) is 8.76. The van der Waals surface area contributed by atoms with E-state index in [1.807, 2.05) is 25.3 Å². The van der Waals surface area contributed by atoms with E-state index in [9.17, 15) is 4.79 Å². The summed E-state index contributed by atoms with van der Waals surface area (Å²) in [5, 5.41) is 7.29. The molecule has 0 radical (unpaired) electrons. The fourth-order valence-corrected chi connectivity index (χ4v) is 3.24. The topological polar surface area (TPSA) is 59.4 Å². The van der Waals surface area contributed by atoms with Crippen molar-refractivity contribution in [1.82, 2.24) is 20.0 Å². The third kappa shape index (κ3) is 5.06. The summed E-state index contributed by atoms with van der Waals surface area (Å²) in [6.07, 6.45) is 5.61. The maximum atomic E-state index is 12.1. The van der Waals surface area contributed by atoms with Crippen LogP contribution in [0.15, 0.2) is 36.7 Å². The summed E-state index contributed by atoms with van der Waals surface area (Å²) in [6.45, 7) is 5.16. The molecule has 2 aromatic rings. The molecule has 134 valence electrons. The summed E-state index contributed by atoms with van der Waals surface area (Å²) in [7, 11) is 1.69. The van der Waals surface area contributed by atoms with Crippen molar-refractivity contribution in [2.75, 3.05) is 20.2 Å². The molecule has 0 bridgehead atoms. The van der Waals surface area contributed by atoms with Crippen molar-refractivity contribution in [3.05, 3.63) is 47.8 Å². The van der Waals surface area contributed by atoms with E-state index < -0.39 is 0 Å². The molecule has 0 aliphatic carbocycles. The van der Waals surface area contributed by atoms with E-state index in [0.29, 0.717) is 0 Å². The third-order valence-electron chi connectivity index (χ3n) is 4.56. The Morgan fingerprint density at radius 3 is 2.84 bits per heavy atom. The van der Waals surface area contributed by atoms with Crippen LogP contribution in [0.2, 0.25) is 0 Å². The smallest absolute Gasteiger partial charge is 0.241 e. The SMILES string of the molecule is COc1cccc(CN2CCC(NC(=O)Cn3cc(C)cn3)CC2)c1. The zero-order valence-electron chi connectivity index (χ0n) is 14.9. The van der Waals surface area contributed by atoms with Crippen LogP contribution in [0, 0.1) is 6.92 Å². The van der Waals surface area contributed by atoms with E-state index in [1.165, 1.54) is 5.56 Å². The zero-order chi connectivity index (χ0) is 17.6. The van der Waals surface area contributed by atoms with Crippen LogP contribution in [0.1, 0.15) is 24.0 Å². The maximum absolute atomic E-state index is 12.1. The van der Waals surface area contributed by atoms with Gasteiger partial charge in [0.2, 0.25) is 5.91 Å². The van der Waals surface area contributed by atoms with Crippen molar-refractivity contribution in [3.63, 3.8) is 0 Å². The Bertz CT molecular complexity index is 705. The van der Waals surface area contributed by atoms with Gasteiger partial charge in [-0.1, -0.05) is 12.1 Å². The largest absolute Gasteiger partial charge is 0.497 e. The normalized spacial score (nSPS) is 15.9. The average Bonchev–Trinajstić information content (AvgIpc) is 3.01. The predicted octanol–water partition coefficient (Wildman–Crippen LogP) is 1.98. The molecule has 3 rings (SSSR count). The molecule has 2 heterocycles. The number of likely N-dealkylation sites (tertiary alicyclic amines) is 1. The molecular formula is C19H26N4O2. The van der Waals surface area contributed by atoms with Crippen LogP contribution in [-0.4, -0.2) is 46.8 Å². The molecule has 6 heteroatoms. The fourth-order valence-electron chi connectivity index (χ4n) is 3.24. The lowest BCUT2D eigenvalue weighted by Gasteiger charge is -2.32. The monoisotopic (exact) mass is 342 g/mol. The first-order chi connectivity index (χ1) is 12.1. The minimum Gasteiger partial charge on any atom is -0.497 e. The van der Waals surface area contributed by atoms with Gasteiger partial charge in [0.1, 0.15) is 12.3 Å². The molecule has 1 N–H and O–H groups in total. The molecule has 0 spiro atoms. The number of piperidine rings is 1. The standard InChI is InChI=1S/C19H26N4O2/c1-15-11-20-23(12-15)14-19(24)21-17-6-8-22(9-7-17)13-16-4-3-5-18(10-16)25-2/h3-5,10-12,17H,6-9,13-14H2,1-2H3,(H,21,24). The maximum Gasteiger partial charge on any atom is 0.241 e. The molecule has 1 aromatic heterocycles. The number of nitrogens with zero attached hydrogens (tertiary/aromatic N) is 3. The summed E-state index contributed by atoms with van der Waals surface area (Å²) in [5.41, 5.74) is 2.33. The predicted molar refractivity (Wildman–Crippen MR) is 96.4 cm³/mol. The quantitative estimate of drug-likeness (QED) is 0.872. The van der Waals surface area contributed by atoms with Gasteiger partial charge in [0.25, 0.3) is 0 Å². The number of hydrogen-bond acceptors (Lipinski definition) is 4. The van der Waals surface area contributed by atoms with Gasteiger partial charge in [-0.25, -0.2) is 0 Å². The number of benzene rings is 1. The number of carbonyl (C=O) groups excluding carboxylic acids is 1. The van der Waals surface area contributed by atoms with Crippen LogP contribution >= 0.6 is 0 Å². The number of rotatable bonds is 6. The van der Waals surface area contributed by atoms with Crippen LogP contribution in [0.5, 0.6) is 5.75 Å². The van der Waals surface area contributed by atoms with Crippen LogP contribution < -0.4 is 10.1 Å². The summed E-state index contributed by atoms with van der Waals surface area (Å²) >= 11 is 0. The number of carbonyl (C=O) groups is 1. The molecule has 1 aliphatic rings. The summed E-state index contributed by atoms with van der Waals surface area (Å²) in [5.74, 6) is 0.933. The van der Waals surface area contributed by atoms with E-state index in [0.717, 1.165) is 43.8 Å². The van der Waals surface area contributed by atoms with Crippen molar-refractivity contribution in [3.8, 4) is 5.75 Å². The van der Waals surface area contributed by atoms with Crippen molar-refractivity contribution in [2.45, 2.75) is 38.9 Å². The average molecular weight is 342 g/mol. The highest BCUT2D eigenvalue weighted by Crippen LogP contribution is 2.17. The Morgan fingerprint density at radius 1 is 1.36 bits per heavy atom. The van der Waals surface area contributed by atoms with E-state index in [-0.39, 0.29) is 18.5 Å². The van der Waals surface area contributed by atoms with Gasteiger partial charge in [-0.2, -0.15) is 5.10 Å². The molecule has 1 saturated heterocycles. The lowest BCUT2D eigenvalue weighted by molar-refractivity contribution is -0.122. The van der Waals surface area contributed by atoms with Crippen molar-refractivity contribution in [1.29, 1.82) is 0 Å². The second-order valence-corrected chi connectivity index (χ2v) is 6.68. The Balaban J connectivity index is 1.42. The van der Waals surface area contributed by atoms with Gasteiger partial charge < -0.3 is 10.1 Å². The molecule has 0 atom stereocenters. The summed E-state index contributed by atoms with van der Waals surface area (Å²) < 4.78 is 6.97. The van der Waals surface area contributed by atoms with Crippen LogP contribution in [0.3, 0.4) is 0 Å². The van der Waals surface area contributed by atoms with Crippen LogP contribution in [0.25, 0.3) is 0 Å². The first-order valence-corrected chi connectivity index (χ1v) is 8.76. The molecule has 6 nitrogen and oxygen atoms in total. The third-order valence-corrected chi connectivity index (χ3v) is 4.56. The van der Waals surface area contributed by atoms with Gasteiger partial charge in [-0.3, -0.25) is 14.4 Å². The highest BCUT2D eigenvalue weighted by molar-refractivity contribution is 5.75. The van der Waals surface area contributed by atoms with E-state index in [4.69, 9.17) is 4.74 Å².